The molecule has 0 aromatic rings. The maximum absolute atomic E-state index is 11.9. The first-order chi connectivity index (χ1) is 7.76. The number of nitrogens with one attached hydrogen (secondary N) is 2. The molecular formula is C13H24N2O. The molecule has 0 aromatic heterocycles. The molecule has 1 aliphatic carbocycles. The second-order valence-corrected chi connectivity index (χ2v) is 5.43. The van der Waals surface area contributed by atoms with Crippen molar-refractivity contribution in [2.75, 3.05) is 13.1 Å². The molecule has 0 spiro atoms. The molecule has 2 rings (SSSR count). The molecule has 2 aliphatic rings. The summed E-state index contributed by atoms with van der Waals surface area (Å²) >= 11 is 0. The van der Waals surface area contributed by atoms with Gasteiger partial charge in [0.2, 0.25) is 5.91 Å². The second-order valence-electron chi connectivity index (χ2n) is 5.43. The summed E-state index contributed by atoms with van der Waals surface area (Å²) in [5.41, 5.74) is 0.435. The van der Waals surface area contributed by atoms with Crippen molar-refractivity contribution in [3.63, 3.8) is 0 Å². The van der Waals surface area contributed by atoms with E-state index in [0.717, 1.165) is 19.5 Å². The van der Waals surface area contributed by atoms with E-state index in [2.05, 4.69) is 17.6 Å². The van der Waals surface area contributed by atoms with Crippen LogP contribution in [-0.2, 0) is 4.79 Å². The Labute approximate surface area is 98.4 Å². The second kappa shape index (κ2) is 5.17. The average molecular weight is 224 g/mol. The van der Waals surface area contributed by atoms with Gasteiger partial charge in [0.25, 0.3) is 0 Å². The molecule has 0 aromatic carbocycles. The number of carbonyl (C=O) groups is 1. The molecule has 1 atom stereocenters. The summed E-state index contributed by atoms with van der Waals surface area (Å²) in [6.45, 7) is 4.13. The van der Waals surface area contributed by atoms with Gasteiger partial charge in [-0.2, -0.15) is 0 Å². The van der Waals surface area contributed by atoms with Crippen LogP contribution in [0.25, 0.3) is 0 Å². The lowest BCUT2D eigenvalue weighted by molar-refractivity contribution is -0.124. The number of carbonyl (C=O) groups excluding carboxylic acids is 1. The first kappa shape index (κ1) is 11.9. The Hall–Kier alpha value is -0.570. The lowest BCUT2D eigenvalue weighted by Crippen LogP contribution is -2.50. The van der Waals surface area contributed by atoms with Crippen molar-refractivity contribution in [3.05, 3.63) is 0 Å². The minimum Gasteiger partial charge on any atom is -0.354 e. The van der Waals surface area contributed by atoms with Crippen LogP contribution in [0.15, 0.2) is 0 Å². The highest BCUT2D eigenvalue weighted by atomic mass is 16.2. The van der Waals surface area contributed by atoms with E-state index in [1.54, 1.807) is 0 Å². The minimum absolute atomic E-state index is 0.0720. The lowest BCUT2D eigenvalue weighted by atomic mass is 9.67. The van der Waals surface area contributed by atoms with Gasteiger partial charge < -0.3 is 10.6 Å². The molecule has 92 valence electrons. The van der Waals surface area contributed by atoms with E-state index in [1.807, 2.05) is 0 Å². The van der Waals surface area contributed by atoms with Gasteiger partial charge in [0.05, 0.1) is 6.04 Å². The number of amides is 1. The molecule has 2 N–H and O–H groups in total. The van der Waals surface area contributed by atoms with Crippen LogP contribution in [0.3, 0.4) is 0 Å². The number of hydrogen-bond donors (Lipinski definition) is 2. The number of hydrogen-bond acceptors (Lipinski definition) is 2. The summed E-state index contributed by atoms with van der Waals surface area (Å²) in [5, 5.41) is 6.44. The average Bonchev–Trinajstić information content (AvgIpc) is 2.29. The third kappa shape index (κ3) is 2.57. The quantitative estimate of drug-likeness (QED) is 0.765. The summed E-state index contributed by atoms with van der Waals surface area (Å²) in [6.07, 6.45) is 8.53. The summed E-state index contributed by atoms with van der Waals surface area (Å²) in [6, 6.07) is 0.0720. The summed E-state index contributed by atoms with van der Waals surface area (Å²) in [4.78, 5) is 11.9. The van der Waals surface area contributed by atoms with Crippen molar-refractivity contribution in [1.82, 2.24) is 10.6 Å². The first-order valence-electron chi connectivity index (χ1n) is 6.77. The van der Waals surface area contributed by atoms with Gasteiger partial charge >= 0.3 is 0 Å². The van der Waals surface area contributed by atoms with Crippen molar-refractivity contribution in [2.24, 2.45) is 5.41 Å². The van der Waals surface area contributed by atoms with Crippen LogP contribution in [0, 0.1) is 5.41 Å². The van der Waals surface area contributed by atoms with Gasteiger partial charge in [0.1, 0.15) is 0 Å². The zero-order chi connectivity index (χ0) is 11.4. The zero-order valence-electron chi connectivity index (χ0n) is 10.3. The summed E-state index contributed by atoms with van der Waals surface area (Å²) in [7, 11) is 0. The van der Waals surface area contributed by atoms with Gasteiger partial charge in [-0.05, 0) is 44.1 Å². The molecule has 1 amide bonds. The molecule has 2 fully saturated rings. The Balaban J connectivity index is 1.74. The minimum atomic E-state index is 0.0720. The Bertz CT molecular complexity index is 237. The van der Waals surface area contributed by atoms with Crippen molar-refractivity contribution in [1.29, 1.82) is 0 Å². The van der Waals surface area contributed by atoms with Crippen LogP contribution in [-0.4, -0.2) is 25.0 Å². The highest BCUT2D eigenvalue weighted by molar-refractivity contribution is 5.81. The highest BCUT2D eigenvalue weighted by Gasteiger charge is 2.35. The summed E-state index contributed by atoms with van der Waals surface area (Å²) < 4.78 is 0. The number of rotatable bonds is 4. The maximum atomic E-state index is 11.9. The van der Waals surface area contributed by atoms with Crippen molar-refractivity contribution in [2.45, 2.75) is 57.9 Å². The molecule has 3 heteroatoms. The molecule has 1 saturated carbocycles. The third-order valence-corrected chi connectivity index (χ3v) is 4.43. The van der Waals surface area contributed by atoms with Crippen LogP contribution in [0.5, 0.6) is 0 Å². The molecule has 3 nitrogen and oxygen atoms in total. The van der Waals surface area contributed by atoms with Crippen molar-refractivity contribution >= 4 is 5.91 Å². The van der Waals surface area contributed by atoms with Crippen molar-refractivity contribution < 1.29 is 4.79 Å². The Kier molecular flexibility index (Phi) is 3.85. The molecule has 16 heavy (non-hydrogen) atoms. The van der Waals surface area contributed by atoms with Crippen LogP contribution < -0.4 is 10.6 Å². The standard InChI is InChI=1S/C13H24N2O/c1-2-13(7-5-8-13)10-15-12(16)11-6-3-4-9-14-11/h11,14H,2-10H2,1H3,(H,15,16). The monoisotopic (exact) mass is 224 g/mol. The van der Waals surface area contributed by atoms with Gasteiger partial charge in [0, 0.05) is 6.54 Å². The molecule has 0 bridgehead atoms. The normalized spacial score (nSPS) is 28.2. The van der Waals surface area contributed by atoms with Gasteiger partial charge in [-0.3, -0.25) is 4.79 Å². The van der Waals surface area contributed by atoms with E-state index in [-0.39, 0.29) is 11.9 Å². The van der Waals surface area contributed by atoms with E-state index >= 15 is 0 Å². The Morgan fingerprint density at radius 2 is 2.19 bits per heavy atom. The summed E-state index contributed by atoms with van der Waals surface area (Å²) in [5.74, 6) is 0.222. The van der Waals surface area contributed by atoms with E-state index in [0.29, 0.717) is 5.41 Å². The smallest absolute Gasteiger partial charge is 0.237 e. The fraction of sp³-hybridized carbons (Fsp3) is 0.923. The SMILES string of the molecule is CCC1(CNC(=O)C2CCCCN2)CCC1. The zero-order valence-corrected chi connectivity index (χ0v) is 10.3. The lowest BCUT2D eigenvalue weighted by Gasteiger charge is -2.41. The fourth-order valence-electron chi connectivity index (χ4n) is 2.81. The molecule has 1 aliphatic heterocycles. The topological polar surface area (TPSA) is 41.1 Å². The largest absolute Gasteiger partial charge is 0.354 e. The first-order valence-corrected chi connectivity index (χ1v) is 6.77. The van der Waals surface area contributed by atoms with Gasteiger partial charge in [0.15, 0.2) is 0 Å². The molecule has 1 saturated heterocycles. The van der Waals surface area contributed by atoms with Crippen molar-refractivity contribution in [3.8, 4) is 0 Å². The van der Waals surface area contributed by atoms with E-state index in [4.69, 9.17) is 0 Å². The fourth-order valence-corrected chi connectivity index (χ4v) is 2.81. The molecular weight excluding hydrogens is 200 g/mol. The van der Waals surface area contributed by atoms with E-state index in [9.17, 15) is 4.79 Å². The number of piperidine rings is 1. The third-order valence-electron chi connectivity index (χ3n) is 4.43. The Morgan fingerprint density at radius 3 is 2.69 bits per heavy atom. The van der Waals surface area contributed by atoms with Crippen LogP contribution in [0.4, 0.5) is 0 Å². The van der Waals surface area contributed by atoms with Gasteiger partial charge in [-0.15, -0.1) is 0 Å². The van der Waals surface area contributed by atoms with E-state index < -0.39 is 0 Å². The molecule has 0 radical (unpaired) electrons. The van der Waals surface area contributed by atoms with E-state index in [1.165, 1.54) is 38.5 Å². The van der Waals surface area contributed by atoms with Crippen LogP contribution in [0.2, 0.25) is 0 Å². The molecule has 1 heterocycles. The highest BCUT2D eigenvalue weighted by Crippen LogP contribution is 2.43. The Morgan fingerprint density at radius 1 is 1.38 bits per heavy atom. The predicted octanol–water partition coefficient (Wildman–Crippen LogP) is 1.82. The van der Waals surface area contributed by atoms with Gasteiger partial charge in [-0.1, -0.05) is 19.8 Å². The predicted molar refractivity (Wildman–Crippen MR) is 65.2 cm³/mol. The van der Waals surface area contributed by atoms with Gasteiger partial charge in [-0.25, -0.2) is 0 Å². The van der Waals surface area contributed by atoms with Crippen LogP contribution >= 0.6 is 0 Å². The van der Waals surface area contributed by atoms with Crippen LogP contribution in [0.1, 0.15) is 51.9 Å². The molecule has 1 unspecified atom stereocenters. The maximum Gasteiger partial charge on any atom is 0.237 e.